The lowest BCUT2D eigenvalue weighted by molar-refractivity contribution is 0.184. The van der Waals surface area contributed by atoms with Gasteiger partial charge < -0.3 is 14.2 Å². The molecule has 0 unspecified atom stereocenters. The summed E-state index contributed by atoms with van der Waals surface area (Å²) in [6.45, 7) is 16.4. The van der Waals surface area contributed by atoms with Crippen molar-refractivity contribution in [2.75, 3.05) is 19.7 Å². The molecule has 0 aliphatic rings. The van der Waals surface area contributed by atoms with Gasteiger partial charge in [0, 0.05) is 40.4 Å². The van der Waals surface area contributed by atoms with Crippen LogP contribution in [0.4, 0.5) is 4.79 Å². The van der Waals surface area contributed by atoms with Gasteiger partial charge in [-0.15, -0.1) is 11.3 Å². The Morgan fingerprint density at radius 2 is 1.68 bits per heavy atom. The molecule has 2 aromatic carbocycles. The van der Waals surface area contributed by atoms with Crippen molar-refractivity contribution >= 4 is 74.8 Å². The third kappa shape index (κ3) is 8.81. The molecule has 47 heavy (non-hydrogen) atoms. The second-order valence-electron chi connectivity index (χ2n) is 11.9. The van der Waals surface area contributed by atoms with Crippen molar-refractivity contribution in [1.29, 1.82) is 0 Å². The highest BCUT2D eigenvalue weighted by Gasteiger charge is 2.21. The van der Waals surface area contributed by atoms with Crippen LogP contribution in [0, 0.1) is 0 Å². The number of hydrogen-bond donors (Lipinski definition) is 0. The molecule has 252 valence electrons. The van der Waals surface area contributed by atoms with Crippen molar-refractivity contribution in [2.24, 2.45) is 0 Å². The zero-order valence-electron chi connectivity index (χ0n) is 27.6. The van der Waals surface area contributed by atoms with Crippen LogP contribution in [0.15, 0.2) is 49.1 Å². The average Bonchev–Trinajstić information content (AvgIpc) is 3.76. The molecule has 0 saturated heterocycles. The minimum Gasteiger partial charge on any atom is -0.489 e. The van der Waals surface area contributed by atoms with Gasteiger partial charge in [0.05, 0.1) is 27.8 Å². The van der Waals surface area contributed by atoms with Crippen LogP contribution in [0.25, 0.3) is 21.6 Å². The van der Waals surface area contributed by atoms with Crippen LogP contribution in [0.1, 0.15) is 83.3 Å². The number of aromatic nitrogens is 5. The smallest absolute Gasteiger partial charge is 0.329 e. The Hall–Kier alpha value is -2.82. The first kappa shape index (κ1) is 37.0. The number of carbonyl (C=O) groups is 1. The summed E-state index contributed by atoms with van der Waals surface area (Å²) in [7, 11) is 0. The molecule has 0 radical (unpaired) electrons. The summed E-state index contributed by atoms with van der Waals surface area (Å²) >= 11 is 26.2. The average molecular weight is 739 g/mol. The zero-order valence-corrected chi connectivity index (χ0v) is 31.4. The molecule has 0 aliphatic carbocycles. The largest absolute Gasteiger partial charge is 0.489 e. The Morgan fingerprint density at radius 1 is 0.979 bits per heavy atom. The number of amides is 1. The molecule has 0 atom stereocenters. The molecule has 5 rings (SSSR count). The van der Waals surface area contributed by atoms with Gasteiger partial charge in [-0.25, -0.2) is 19.7 Å². The molecule has 0 fully saturated rings. The number of thiazole rings is 1. The second-order valence-corrected chi connectivity index (χ2v) is 14.5. The summed E-state index contributed by atoms with van der Waals surface area (Å²) in [5.41, 5.74) is 4.29. The predicted molar refractivity (Wildman–Crippen MR) is 196 cm³/mol. The van der Waals surface area contributed by atoms with Gasteiger partial charge in [-0.1, -0.05) is 75.5 Å². The van der Waals surface area contributed by atoms with Crippen molar-refractivity contribution < 1.29 is 9.53 Å². The van der Waals surface area contributed by atoms with Gasteiger partial charge >= 0.3 is 6.03 Å². The van der Waals surface area contributed by atoms with Crippen molar-refractivity contribution in [1.82, 2.24) is 29.0 Å². The van der Waals surface area contributed by atoms with E-state index in [4.69, 9.17) is 56.1 Å². The van der Waals surface area contributed by atoms with Crippen molar-refractivity contribution in [3.8, 4) is 16.3 Å². The molecule has 13 heteroatoms. The van der Waals surface area contributed by atoms with Crippen LogP contribution >= 0.6 is 57.7 Å². The fourth-order valence-corrected chi connectivity index (χ4v) is 7.62. The van der Waals surface area contributed by atoms with Crippen LogP contribution in [-0.2, 0) is 0 Å². The number of benzene rings is 2. The Bertz CT molecular complexity index is 1750. The van der Waals surface area contributed by atoms with E-state index in [1.54, 1.807) is 40.8 Å². The third-order valence-electron chi connectivity index (χ3n) is 7.24. The van der Waals surface area contributed by atoms with E-state index in [1.807, 2.05) is 6.92 Å². The molecule has 3 aromatic heterocycles. The number of nitrogens with zero attached hydrogens (tertiary/aromatic N) is 6. The lowest BCUT2D eigenvalue weighted by Crippen LogP contribution is -2.37. The van der Waals surface area contributed by atoms with Gasteiger partial charge in [0.2, 0.25) is 5.28 Å². The van der Waals surface area contributed by atoms with E-state index in [0.29, 0.717) is 51.0 Å². The lowest BCUT2D eigenvalue weighted by Gasteiger charge is -2.22. The normalized spacial score (nSPS) is 11.4. The summed E-state index contributed by atoms with van der Waals surface area (Å²) in [6.07, 6.45) is 5.48. The van der Waals surface area contributed by atoms with Gasteiger partial charge in [-0.3, -0.25) is 4.57 Å². The van der Waals surface area contributed by atoms with Gasteiger partial charge in [0.25, 0.3) is 0 Å². The molecule has 0 bridgehead atoms. The van der Waals surface area contributed by atoms with E-state index < -0.39 is 0 Å². The first-order valence-corrected chi connectivity index (χ1v) is 17.9. The summed E-state index contributed by atoms with van der Waals surface area (Å²) in [5.74, 6) is 1.26. The minimum atomic E-state index is -0.152. The van der Waals surface area contributed by atoms with Gasteiger partial charge in [-0.2, -0.15) is 0 Å². The van der Waals surface area contributed by atoms with Crippen molar-refractivity contribution in [3.63, 3.8) is 0 Å². The summed E-state index contributed by atoms with van der Waals surface area (Å²) in [6, 6.07) is 9.49. The lowest BCUT2D eigenvalue weighted by atomic mass is 10.0. The molecular formula is C34H40Cl4N6O2S. The Kier molecular flexibility index (Phi) is 13.0. The maximum absolute atomic E-state index is 12.3. The fraction of sp³-hybridized carbons (Fsp3) is 0.412. The van der Waals surface area contributed by atoms with Crippen LogP contribution in [-0.4, -0.2) is 54.7 Å². The van der Waals surface area contributed by atoms with Gasteiger partial charge in [0.15, 0.2) is 5.75 Å². The van der Waals surface area contributed by atoms with E-state index in [1.165, 1.54) is 21.5 Å². The molecule has 0 spiro atoms. The standard InChI is InChI=1S/C19H24ClN3S.C15H16Cl3N3O2/c1-10(2)15-17(11(3)4)24-18(21-15)13-8-7-9-14-16(13)22-19(20)23(14)12(5)6;1-2-4-20(15(22)21-5-3-19-10-21)6-7-23-14-12(17)8-11(16)9-13(14)18/h7-12H,1-6H3;3,5,8-10H,2,4,6-7H2,1H3. The molecule has 8 nitrogen and oxygen atoms in total. The number of imidazole rings is 2. The van der Waals surface area contributed by atoms with E-state index in [-0.39, 0.29) is 18.7 Å². The quantitative estimate of drug-likeness (QED) is 0.143. The number of halogens is 4. The van der Waals surface area contributed by atoms with Gasteiger partial charge in [0.1, 0.15) is 23.5 Å². The topological polar surface area (TPSA) is 78.1 Å². The monoisotopic (exact) mass is 736 g/mol. The van der Waals surface area contributed by atoms with E-state index in [9.17, 15) is 4.79 Å². The van der Waals surface area contributed by atoms with Crippen LogP contribution in [0.2, 0.25) is 20.4 Å². The van der Waals surface area contributed by atoms with Crippen LogP contribution < -0.4 is 4.74 Å². The van der Waals surface area contributed by atoms with E-state index in [2.05, 4.69) is 74.3 Å². The number of fused-ring (bicyclic) bond motifs is 1. The fourth-order valence-electron chi connectivity index (χ4n) is 5.07. The molecule has 0 N–H and O–H groups in total. The molecule has 3 heterocycles. The van der Waals surface area contributed by atoms with Crippen molar-refractivity contribution in [3.05, 3.63) is 80.0 Å². The highest BCUT2D eigenvalue weighted by atomic mass is 35.5. The number of ether oxygens (including phenoxy) is 1. The summed E-state index contributed by atoms with van der Waals surface area (Å²) < 4.78 is 9.12. The maximum atomic E-state index is 12.3. The first-order chi connectivity index (χ1) is 22.3. The Morgan fingerprint density at radius 3 is 2.23 bits per heavy atom. The van der Waals surface area contributed by atoms with E-state index >= 15 is 0 Å². The molecule has 0 saturated carbocycles. The van der Waals surface area contributed by atoms with Crippen molar-refractivity contribution in [2.45, 2.75) is 72.8 Å². The van der Waals surface area contributed by atoms with Crippen LogP contribution in [0.3, 0.4) is 0 Å². The molecule has 1 amide bonds. The zero-order chi connectivity index (χ0) is 34.4. The summed E-state index contributed by atoms with van der Waals surface area (Å²) in [4.78, 5) is 28.9. The van der Waals surface area contributed by atoms with Crippen LogP contribution in [0.5, 0.6) is 5.75 Å². The third-order valence-corrected chi connectivity index (χ3v) is 9.69. The SMILES string of the molecule is CC(C)c1nc(-c2cccc3c2nc(Cl)n3C(C)C)sc1C(C)C.CCCN(CCOc1c(Cl)cc(Cl)cc1Cl)C(=O)n1ccnc1. The van der Waals surface area contributed by atoms with Gasteiger partial charge in [-0.05, 0) is 68.0 Å². The number of carbonyl (C=O) groups excluding carboxylic acids is 1. The number of para-hydroxylation sites is 1. The first-order valence-electron chi connectivity index (χ1n) is 15.6. The highest BCUT2D eigenvalue weighted by molar-refractivity contribution is 7.15. The maximum Gasteiger partial charge on any atom is 0.329 e. The number of hydrogen-bond acceptors (Lipinski definition) is 6. The molecule has 5 aromatic rings. The van der Waals surface area contributed by atoms with E-state index in [0.717, 1.165) is 28.0 Å². The Balaban J connectivity index is 0.000000213. The Labute approximate surface area is 300 Å². The highest BCUT2D eigenvalue weighted by Crippen LogP contribution is 2.39. The number of rotatable bonds is 10. The minimum absolute atomic E-state index is 0.152. The summed E-state index contributed by atoms with van der Waals surface area (Å²) in [5, 5.41) is 2.70. The molecular weight excluding hydrogens is 698 g/mol. The second kappa shape index (κ2) is 16.5. The molecule has 0 aliphatic heterocycles. The predicted octanol–water partition coefficient (Wildman–Crippen LogP) is 11.2.